The summed E-state index contributed by atoms with van der Waals surface area (Å²) in [5, 5.41) is 26.9. The molecule has 508 valence electrons. The monoisotopic (exact) mass is 1260 g/mol. The van der Waals surface area contributed by atoms with Crippen molar-refractivity contribution in [1.82, 2.24) is 10.2 Å². The number of carbonyl (C=O) groups is 6. The molecule has 0 radical (unpaired) electrons. The van der Waals surface area contributed by atoms with E-state index in [-0.39, 0.29) is 75.6 Å². The van der Waals surface area contributed by atoms with Crippen LogP contribution in [0.15, 0.2) is 47.6 Å². The van der Waals surface area contributed by atoms with Crippen LogP contribution in [0, 0.1) is 35.5 Å². The number of Topliss-reactive ketones (excluding diaryl/α,β-unsaturated/α-hetero) is 2. The van der Waals surface area contributed by atoms with Gasteiger partial charge in [0, 0.05) is 91.8 Å². The van der Waals surface area contributed by atoms with Crippen LogP contribution in [0.3, 0.4) is 0 Å². The van der Waals surface area contributed by atoms with Crippen molar-refractivity contribution in [3.8, 4) is 0 Å². The first-order valence-electron chi connectivity index (χ1n) is 32.5. The van der Waals surface area contributed by atoms with E-state index in [1.54, 1.807) is 48.2 Å². The van der Waals surface area contributed by atoms with Gasteiger partial charge in [0.15, 0.2) is 5.78 Å². The summed E-state index contributed by atoms with van der Waals surface area (Å²) < 4.78 is 69.8. The molecular weight excluding hydrogens is 1150 g/mol. The molecule has 4 rings (SSSR count). The lowest BCUT2D eigenvalue weighted by atomic mass is 9.78. The number of ketones is 2. The van der Waals surface area contributed by atoms with Crippen molar-refractivity contribution in [3.63, 3.8) is 0 Å². The number of methoxy groups -OCH3 is 4. The van der Waals surface area contributed by atoms with Crippen molar-refractivity contribution < 1.29 is 95.8 Å². The predicted molar refractivity (Wildman–Crippen MR) is 332 cm³/mol. The molecule has 4 aliphatic rings. The topological polar surface area (TPSA) is 269 Å². The maximum absolute atomic E-state index is 15.1. The highest BCUT2D eigenvalue weighted by Crippen LogP contribution is 2.39. The molecule has 0 aromatic rings. The lowest BCUT2D eigenvalue weighted by Crippen LogP contribution is -2.61. The van der Waals surface area contributed by atoms with E-state index >= 15 is 4.79 Å². The summed E-state index contributed by atoms with van der Waals surface area (Å²) in [6.07, 6.45) is 9.49. The molecule has 3 N–H and O–H groups in total. The fourth-order valence-corrected chi connectivity index (χ4v) is 12.3. The van der Waals surface area contributed by atoms with Gasteiger partial charge >= 0.3 is 18.0 Å². The minimum absolute atomic E-state index is 0.00162. The molecular formula is C67H110N2O20. The van der Waals surface area contributed by atoms with Crippen molar-refractivity contribution in [2.24, 2.45) is 35.5 Å². The normalized spacial score (nSPS) is 33.3. The smallest absolute Gasteiger partial charge is 0.407 e. The zero-order valence-corrected chi connectivity index (χ0v) is 55.5. The number of rotatable bonds is 25. The van der Waals surface area contributed by atoms with Crippen LogP contribution < -0.4 is 5.32 Å². The highest BCUT2D eigenvalue weighted by Gasteiger charge is 2.53. The second-order valence-corrected chi connectivity index (χ2v) is 24.7. The second-order valence-electron chi connectivity index (χ2n) is 24.7. The highest BCUT2D eigenvalue weighted by atomic mass is 16.6. The Hall–Kier alpha value is -4.46. The van der Waals surface area contributed by atoms with E-state index in [2.05, 4.69) is 5.32 Å². The van der Waals surface area contributed by atoms with Gasteiger partial charge in [0.1, 0.15) is 36.6 Å². The van der Waals surface area contributed by atoms with Gasteiger partial charge in [-0.2, -0.15) is 0 Å². The number of fused-ring (bicyclic) bond motifs is 3. The Labute approximate surface area is 529 Å². The van der Waals surface area contributed by atoms with E-state index in [0.717, 1.165) is 5.57 Å². The number of ether oxygens (including phenoxy) is 12. The maximum atomic E-state index is 15.1. The molecule has 22 nitrogen and oxygen atoms in total. The van der Waals surface area contributed by atoms with Crippen LogP contribution in [0.5, 0.6) is 0 Å². The molecule has 3 fully saturated rings. The fourth-order valence-electron chi connectivity index (χ4n) is 12.3. The van der Waals surface area contributed by atoms with Crippen LogP contribution in [-0.4, -0.2) is 212 Å². The zero-order chi connectivity index (χ0) is 65.5. The Morgan fingerprint density at radius 1 is 0.753 bits per heavy atom. The summed E-state index contributed by atoms with van der Waals surface area (Å²) in [6, 6.07) is -1.22. The third-order valence-electron chi connectivity index (χ3n) is 17.7. The summed E-state index contributed by atoms with van der Waals surface area (Å²) >= 11 is 0. The third kappa shape index (κ3) is 25.5. The largest absolute Gasteiger partial charge is 0.460 e. The lowest BCUT2D eigenvalue weighted by molar-refractivity contribution is -0.265. The number of carbonyl (C=O) groups excluding carboxylic acids is 6. The Morgan fingerprint density at radius 2 is 1.45 bits per heavy atom. The van der Waals surface area contributed by atoms with Crippen LogP contribution in [0.2, 0.25) is 0 Å². The van der Waals surface area contributed by atoms with Gasteiger partial charge in [-0.1, -0.05) is 71.1 Å². The Balaban J connectivity index is 1.73. The number of alkyl carbamates (subject to hydrolysis) is 1. The van der Waals surface area contributed by atoms with E-state index < -0.39 is 108 Å². The number of hydrogen-bond acceptors (Lipinski definition) is 20. The van der Waals surface area contributed by atoms with E-state index in [1.165, 1.54) is 12.0 Å². The summed E-state index contributed by atoms with van der Waals surface area (Å²) in [7, 11) is 6.11. The number of piperidine rings is 1. The minimum Gasteiger partial charge on any atom is -0.460 e. The average molecular weight is 1260 g/mol. The van der Waals surface area contributed by atoms with E-state index in [4.69, 9.17) is 56.8 Å². The van der Waals surface area contributed by atoms with Crippen molar-refractivity contribution in [2.45, 2.75) is 206 Å². The lowest BCUT2D eigenvalue weighted by Gasteiger charge is -2.43. The zero-order valence-electron chi connectivity index (χ0n) is 55.5. The minimum atomic E-state index is -2.49. The molecule has 0 aromatic heterocycles. The molecule has 2 saturated heterocycles. The van der Waals surface area contributed by atoms with Crippen LogP contribution in [0.25, 0.3) is 0 Å². The van der Waals surface area contributed by atoms with Gasteiger partial charge in [-0.25, -0.2) is 9.59 Å². The number of allylic oxidation sites excluding steroid dienone is 5. The molecule has 1 saturated carbocycles. The van der Waals surface area contributed by atoms with Gasteiger partial charge in [0.05, 0.1) is 64.6 Å². The number of nitrogens with zero attached hydrogens (tertiary/aromatic N) is 1. The standard InChI is InChI=1S/C67H110N2O20/c1-13-82-32-33-84-36-37-85-35-34-83-31-28-68-66(76)88-57-43-56(47(5)40-51-25-27-54(58(41-51)80-11)86-59(70)23-19-30-78-9)87-65(75)53-22-17-18-29-69(53)64(74)63(73)67(77)50(8)24-26-52(89-67)42-55(79-10)45(3)21-16-14-15-20-44(2)38-48(6)60(71)62(81-12)61(72)49(7)39-46(57)4/h14-16,20-21,39,44,46-48,50-58,61-62,72,77H,13,17-19,22-38,40-43H2,1-12H3,(H,68,76)/b16-14+,20-15+,45-21+,49-39+/t44-,46-,47-,48-,50-,51+,52+,53+,54-,55+,56+,57-,58-,61-,62+,67-/m1/s1. The molecule has 3 aliphatic heterocycles. The Kier molecular flexibility index (Phi) is 35.6. The molecule has 2 bridgehead atoms. The first kappa shape index (κ1) is 77.0. The van der Waals surface area contributed by atoms with E-state index in [0.29, 0.717) is 116 Å². The number of hydrogen-bond donors (Lipinski definition) is 3. The number of amides is 2. The molecule has 22 heteroatoms. The quantitative estimate of drug-likeness (QED) is 0.0259. The number of aliphatic hydroxyl groups is 2. The predicted octanol–water partition coefficient (Wildman–Crippen LogP) is 7.77. The maximum Gasteiger partial charge on any atom is 0.407 e. The molecule has 89 heavy (non-hydrogen) atoms. The van der Waals surface area contributed by atoms with Crippen LogP contribution >= 0.6 is 0 Å². The van der Waals surface area contributed by atoms with E-state index in [9.17, 15) is 34.2 Å². The van der Waals surface area contributed by atoms with Crippen molar-refractivity contribution in [2.75, 3.05) is 101 Å². The molecule has 0 unspecified atom stereocenters. The van der Waals surface area contributed by atoms with Crippen molar-refractivity contribution in [1.29, 1.82) is 0 Å². The summed E-state index contributed by atoms with van der Waals surface area (Å²) in [5.41, 5.74) is 1.24. The third-order valence-corrected chi connectivity index (χ3v) is 17.7. The van der Waals surface area contributed by atoms with Gasteiger partial charge in [-0.05, 0) is 120 Å². The van der Waals surface area contributed by atoms with Gasteiger partial charge in [-0.3, -0.25) is 19.2 Å². The number of cyclic esters (lactones) is 1. The average Bonchev–Trinajstić information content (AvgIpc) is 1.67. The molecule has 0 spiro atoms. The Morgan fingerprint density at radius 3 is 2.11 bits per heavy atom. The summed E-state index contributed by atoms with van der Waals surface area (Å²) in [5.74, 6) is -8.53. The van der Waals surface area contributed by atoms with Gasteiger partial charge in [-0.15, -0.1) is 0 Å². The van der Waals surface area contributed by atoms with Crippen LogP contribution in [0.4, 0.5) is 4.79 Å². The highest BCUT2D eigenvalue weighted by molar-refractivity contribution is 6.39. The molecule has 16 atom stereocenters. The molecule has 3 heterocycles. The van der Waals surface area contributed by atoms with Crippen molar-refractivity contribution >= 4 is 35.5 Å². The molecule has 0 aromatic carbocycles. The van der Waals surface area contributed by atoms with Crippen LogP contribution in [0.1, 0.15) is 145 Å². The van der Waals surface area contributed by atoms with Crippen molar-refractivity contribution in [3.05, 3.63) is 47.6 Å². The second kappa shape index (κ2) is 41.2. The van der Waals surface area contributed by atoms with Crippen LogP contribution in [-0.2, 0) is 80.8 Å². The number of nitrogens with one attached hydrogen (secondary N) is 1. The SMILES string of the molecule is CCOCCOCCOCCOCCNC(=O)O[C@@H]1C[C@@H]([C@H](C)C[C@@H]2CC[C@@H](OC(=O)CCCOC)[C@H](OC)C2)OC(=O)[C@@H]2CCCCN2C(=O)C(=O)[C@]2(O)O[C@@H](CC[C@H]2C)C[C@H](OC)/C(C)=C/C=C/C=C/[C@@H](C)C[C@@H](C)C(=O)[C@H](OC)[C@H](O)/C(C)=C/[C@H]1C. The fraction of sp³-hybridized carbons (Fsp3) is 0.791. The van der Waals surface area contributed by atoms with Gasteiger partial charge < -0.3 is 77.3 Å². The number of aliphatic hydroxyl groups excluding tert-OH is 1. The summed E-state index contributed by atoms with van der Waals surface area (Å²) in [4.78, 5) is 86.5. The van der Waals surface area contributed by atoms with Gasteiger partial charge in [0.2, 0.25) is 5.79 Å². The summed E-state index contributed by atoms with van der Waals surface area (Å²) in [6.45, 7) is 18.3. The molecule has 2 amide bonds. The van der Waals surface area contributed by atoms with E-state index in [1.807, 2.05) is 65.0 Å². The number of esters is 2. The van der Waals surface area contributed by atoms with Gasteiger partial charge in [0.25, 0.3) is 11.7 Å². The first-order valence-corrected chi connectivity index (χ1v) is 32.5. The Bertz CT molecular complexity index is 2280. The molecule has 1 aliphatic carbocycles. The first-order chi connectivity index (χ1) is 42.6.